The minimum Gasteiger partial charge on any atom is -0.360 e. The van der Waals surface area contributed by atoms with Gasteiger partial charge < -0.3 is 10.7 Å². The van der Waals surface area contributed by atoms with Crippen molar-refractivity contribution >= 4 is 22.5 Å². The Bertz CT molecular complexity index is 445. The zero-order valence-corrected chi connectivity index (χ0v) is 8.81. The van der Waals surface area contributed by atoms with E-state index in [0.29, 0.717) is 0 Å². The molecule has 3 N–H and O–H groups in total. The lowest BCUT2D eigenvalue weighted by molar-refractivity contribution is 0.739. The quantitative estimate of drug-likeness (QED) is 0.783. The van der Waals surface area contributed by atoms with Crippen LogP contribution < -0.4 is 5.73 Å². The van der Waals surface area contributed by atoms with Gasteiger partial charge in [0.15, 0.2) is 0 Å². The van der Waals surface area contributed by atoms with Gasteiger partial charge in [-0.2, -0.15) is 0 Å². The van der Waals surface area contributed by atoms with Crippen molar-refractivity contribution in [2.75, 3.05) is 0 Å². The van der Waals surface area contributed by atoms with E-state index >= 15 is 0 Å². The van der Waals surface area contributed by atoms with Gasteiger partial charge >= 0.3 is 0 Å². The number of benzene rings is 1. The second-order valence-electron chi connectivity index (χ2n) is 3.70. The highest BCUT2D eigenvalue weighted by molar-refractivity contribution is 6.35. The molecule has 0 saturated carbocycles. The lowest BCUT2D eigenvalue weighted by Crippen LogP contribution is -2.17. The maximum absolute atomic E-state index is 6.02. The molecule has 0 spiro atoms. The Morgan fingerprint density at radius 3 is 3.00 bits per heavy atom. The maximum Gasteiger partial charge on any atom is 0.0659 e. The van der Waals surface area contributed by atoms with Gasteiger partial charge in [0.2, 0.25) is 0 Å². The number of H-pyrrole nitrogens is 1. The van der Waals surface area contributed by atoms with Crippen LogP contribution in [0.4, 0.5) is 0 Å². The van der Waals surface area contributed by atoms with Gasteiger partial charge in [-0.1, -0.05) is 17.7 Å². The Balaban J connectivity index is 2.44. The number of aromatic nitrogens is 1. The lowest BCUT2D eigenvalue weighted by atomic mass is 10.1. The summed E-state index contributed by atoms with van der Waals surface area (Å²) in [6.07, 6.45) is 2.69. The fraction of sp³-hybridized carbons (Fsp3) is 0.273. The number of fused-ring (bicyclic) bond motifs is 1. The summed E-state index contributed by atoms with van der Waals surface area (Å²) in [4.78, 5) is 3.11. The predicted molar refractivity (Wildman–Crippen MR) is 60.7 cm³/mol. The van der Waals surface area contributed by atoms with E-state index in [9.17, 15) is 0 Å². The van der Waals surface area contributed by atoms with Crippen molar-refractivity contribution in [1.82, 2.24) is 4.98 Å². The average molecular weight is 209 g/mol. The average Bonchev–Trinajstić information content (AvgIpc) is 2.47. The summed E-state index contributed by atoms with van der Waals surface area (Å²) in [5, 5.41) is 1.84. The first kappa shape index (κ1) is 9.56. The number of rotatable bonds is 2. The molecular formula is C11H13ClN2. The molecule has 14 heavy (non-hydrogen) atoms. The number of nitrogens with two attached hydrogens (primary N) is 1. The molecular weight excluding hydrogens is 196 g/mol. The SMILES string of the molecule is CC(N)Cc1ccc2[nH]cc(Cl)c2c1. The molecule has 2 rings (SSSR count). The van der Waals surface area contributed by atoms with Gasteiger partial charge in [0.05, 0.1) is 5.02 Å². The van der Waals surface area contributed by atoms with Crippen LogP contribution in [0.5, 0.6) is 0 Å². The maximum atomic E-state index is 6.02. The summed E-state index contributed by atoms with van der Waals surface area (Å²) in [5.41, 5.74) is 8.04. The summed E-state index contributed by atoms with van der Waals surface area (Å²) in [7, 11) is 0. The Labute approximate surface area is 88.1 Å². The summed E-state index contributed by atoms with van der Waals surface area (Å²) in [6.45, 7) is 2.00. The van der Waals surface area contributed by atoms with Gasteiger partial charge in [-0.05, 0) is 31.0 Å². The molecule has 0 aliphatic rings. The summed E-state index contributed by atoms with van der Waals surface area (Å²) in [6, 6.07) is 6.40. The third-order valence-corrected chi connectivity index (χ3v) is 2.57. The van der Waals surface area contributed by atoms with E-state index in [2.05, 4.69) is 17.1 Å². The molecule has 0 aliphatic carbocycles. The van der Waals surface area contributed by atoms with Crippen molar-refractivity contribution < 1.29 is 0 Å². The molecule has 3 heteroatoms. The smallest absolute Gasteiger partial charge is 0.0659 e. The minimum absolute atomic E-state index is 0.185. The summed E-state index contributed by atoms with van der Waals surface area (Å²) in [5.74, 6) is 0. The third kappa shape index (κ3) is 1.76. The van der Waals surface area contributed by atoms with Crippen molar-refractivity contribution in [2.45, 2.75) is 19.4 Å². The normalized spacial score (nSPS) is 13.4. The Morgan fingerprint density at radius 1 is 1.50 bits per heavy atom. The molecule has 74 valence electrons. The Morgan fingerprint density at radius 2 is 2.29 bits per heavy atom. The van der Waals surface area contributed by atoms with Crippen LogP contribution in [0.1, 0.15) is 12.5 Å². The second-order valence-corrected chi connectivity index (χ2v) is 4.11. The molecule has 0 amide bonds. The fourth-order valence-corrected chi connectivity index (χ4v) is 1.84. The molecule has 0 radical (unpaired) electrons. The number of halogens is 1. The van der Waals surface area contributed by atoms with Crippen LogP contribution in [0.15, 0.2) is 24.4 Å². The number of aromatic amines is 1. The van der Waals surface area contributed by atoms with Crippen LogP contribution in [0.25, 0.3) is 10.9 Å². The first-order chi connectivity index (χ1) is 6.66. The van der Waals surface area contributed by atoms with E-state index in [1.807, 2.05) is 19.2 Å². The second kappa shape index (κ2) is 3.64. The molecule has 0 aliphatic heterocycles. The predicted octanol–water partition coefficient (Wildman–Crippen LogP) is 2.71. The van der Waals surface area contributed by atoms with Crippen LogP contribution in [-0.2, 0) is 6.42 Å². The van der Waals surface area contributed by atoms with E-state index < -0.39 is 0 Å². The Hall–Kier alpha value is -0.990. The molecule has 1 aromatic carbocycles. The molecule has 0 saturated heterocycles. The number of hydrogen-bond acceptors (Lipinski definition) is 1. The molecule has 1 atom stereocenters. The molecule has 2 aromatic rings. The molecule has 1 aromatic heterocycles. The first-order valence-corrected chi connectivity index (χ1v) is 5.05. The van der Waals surface area contributed by atoms with Gasteiger partial charge in [0.1, 0.15) is 0 Å². The van der Waals surface area contributed by atoms with Crippen molar-refractivity contribution in [3.8, 4) is 0 Å². The van der Waals surface area contributed by atoms with Gasteiger partial charge in [0, 0.05) is 23.1 Å². The van der Waals surface area contributed by atoms with Crippen LogP contribution in [0.2, 0.25) is 5.02 Å². The van der Waals surface area contributed by atoms with E-state index in [4.69, 9.17) is 17.3 Å². The van der Waals surface area contributed by atoms with E-state index in [0.717, 1.165) is 22.3 Å². The van der Waals surface area contributed by atoms with Gasteiger partial charge in [-0.25, -0.2) is 0 Å². The van der Waals surface area contributed by atoms with Crippen molar-refractivity contribution in [3.05, 3.63) is 35.0 Å². The van der Waals surface area contributed by atoms with Crippen LogP contribution in [-0.4, -0.2) is 11.0 Å². The van der Waals surface area contributed by atoms with E-state index in [1.54, 1.807) is 0 Å². The molecule has 0 bridgehead atoms. The Kier molecular flexibility index (Phi) is 2.48. The van der Waals surface area contributed by atoms with Gasteiger partial charge in [0.25, 0.3) is 0 Å². The summed E-state index contributed by atoms with van der Waals surface area (Å²) >= 11 is 6.02. The standard InChI is InChI=1S/C11H13ClN2/c1-7(13)4-8-2-3-11-9(5-8)10(12)6-14-11/h2-3,5-7,14H,4,13H2,1H3. The lowest BCUT2D eigenvalue weighted by Gasteiger charge is -2.04. The van der Waals surface area contributed by atoms with E-state index in [-0.39, 0.29) is 6.04 Å². The number of nitrogens with one attached hydrogen (secondary N) is 1. The molecule has 1 unspecified atom stereocenters. The van der Waals surface area contributed by atoms with Crippen molar-refractivity contribution in [3.63, 3.8) is 0 Å². The van der Waals surface area contributed by atoms with Crippen molar-refractivity contribution in [1.29, 1.82) is 0 Å². The molecule has 0 fully saturated rings. The summed E-state index contributed by atoms with van der Waals surface area (Å²) < 4.78 is 0. The first-order valence-electron chi connectivity index (χ1n) is 4.68. The monoisotopic (exact) mass is 208 g/mol. The van der Waals surface area contributed by atoms with E-state index in [1.165, 1.54) is 5.56 Å². The topological polar surface area (TPSA) is 41.8 Å². The van der Waals surface area contributed by atoms with Crippen LogP contribution in [0.3, 0.4) is 0 Å². The van der Waals surface area contributed by atoms with Crippen molar-refractivity contribution in [2.24, 2.45) is 5.73 Å². The largest absolute Gasteiger partial charge is 0.360 e. The van der Waals surface area contributed by atoms with Crippen LogP contribution in [0, 0.1) is 0 Å². The van der Waals surface area contributed by atoms with Gasteiger partial charge in [-0.3, -0.25) is 0 Å². The zero-order valence-electron chi connectivity index (χ0n) is 8.05. The highest BCUT2D eigenvalue weighted by Gasteiger charge is 2.03. The fourth-order valence-electron chi connectivity index (χ4n) is 1.63. The van der Waals surface area contributed by atoms with Gasteiger partial charge in [-0.15, -0.1) is 0 Å². The zero-order chi connectivity index (χ0) is 10.1. The third-order valence-electron chi connectivity index (χ3n) is 2.25. The molecule has 1 heterocycles. The minimum atomic E-state index is 0.185. The highest BCUT2D eigenvalue weighted by atomic mass is 35.5. The van der Waals surface area contributed by atoms with Crippen LogP contribution >= 0.6 is 11.6 Å². The highest BCUT2D eigenvalue weighted by Crippen LogP contribution is 2.24. The number of hydrogen-bond donors (Lipinski definition) is 2. The molecule has 2 nitrogen and oxygen atoms in total.